The highest BCUT2D eigenvalue weighted by molar-refractivity contribution is 5.14. The zero-order valence-electron chi connectivity index (χ0n) is 7.80. The summed E-state index contributed by atoms with van der Waals surface area (Å²) in [5, 5.41) is 0. The molecule has 2 aliphatic carbocycles. The predicted molar refractivity (Wildman–Crippen MR) is 48.3 cm³/mol. The maximum Gasteiger partial charge on any atom is -0.0172 e. The van der Waals surface area contributed by atoms with Crippen molar-refractivity contribution in [2.45, 2.75) is 33.6 Å². The lowest BCUT2D eigenvalue weighted by molar-refractivity contribution is 0.477. The molecule has 2 rings (SSSR count). The first-order valence-electron chi connectivity index (χ1n) is 4.87. The average molecular weight is 150 g/mol. The zero-order chi connectivity index (χ0) is 8.01. The molecule has 0 bridgehead atoms. The fourth-order valence-corrected chi connectivity index (χ4v) is 2.84. The fraction of sp³-hybridized carbons (Fsp3) is 0.818. The summed E-state index contributed by atoms with van der Waals surface area (Å²) in [6, 6.07) is 0. The van der Waals surface area contributed by atoms with Gasteiger partial charge in [-0.15, -0.1) is 0 Å². The van der Waals surface area contributed by atoms with Gasteiger partial charge in [-0.1, -0.05) is 18.6 Å². The maximum absolute atomic E-state index is 2.42. The molecule has 4 atom stereocenters. The highest BCUT2D eigenvalue weighted by atomic mass is 14.6. The lowest BCUT2D eigenvalue weighted by Gasteiger charge is -2.13. The van der Waals surface area contributed by atoms with Crippen molar-refractivity contribution in [2.75, 3.05) is 0 Å². The first kappa shape index (κ1) is 7.39. The first-order chi connectivity index (χ1) is 5.24. The van der Waals surface area contributed by atoms with Gasteiger partial charge in [0.2, 0.25) is 0 Å². The van der Waals surface area contributed by atoms with Crippen LogP contribution >= 0.6 is 0 Å². The lowest BCUT2D eigenvalue weighted by Crippen LogP contribution is -2.02. The quantitative estimate of drug-likeness (QED) is 0.503. The average Bonchev–Trinajstić information content (AvgIpc) is 2.72. The smallest absolute Gasteiger partial charge is 0.0172 e. The van der Waals surface area contributed by atoms with Crippen molar-refractivity contribution in [1.82, 2.24) is 0 Å². The van der Waals surface area contributed by atoms with E-state index in [0.29, 0.717) is 0 Å². The van der Waals surface area contributed by atoms with Crippen LogP contribution in [-0.4, -0.2) is 0 Å². The fourth-order valence-electron chi connectivity index (χ4n) is 2.84. The van der Waals surface area contributed by atoms with Gasteiger partial charge in [0, 0.05) is 0 Å². The topological polar surface area (TPSA) is 0 Å². The van der Waals surface area contributed by atoms with Crippen LogP contribution in [0, 0.1) is 23.7 Å². The minimum Gasteiger partial charge on any atom is -0.0884 e. The molecule has 0 aromatic rings. The largest absolute Gasteiger partial charge is 0.0884 e. The van der Waals surface area contributed by atoms with E-state index < -0.39 is 0 Å². The molecule has 62 valence electrons. The third-order valence-electron chi connectivity index (χ3n) is 3.80. The monoisotopic (exact) mass is 150 g/mol. The van der Waals surface area contributed by atoms with Gasteiger partial charge in [-0.2, -0.15) is 0 Å². The molecule has 0 spiro atoms. The van der Waals surface area contributed by atoms with Gasteiger partial charge in [0.25, 0.3) is 0 Å². The van der Waals surface area contributed by atoms with Gasteiger partial charge in [0.05, 0.1) is 0 Å². The Balaban J connectivity index is 2.07. The summed E-state index contributed by atoms with van der Waals surface area (Å²) in [6.45, 7) is 6.90. The number of allylic oxidation sites excluding steroid dienone is 2. The lowest BCUT2D eigenvalue weighted by atomic mass is 9.92. The van der Waals surface area contributed by atoms with Crippen LogP contribution in [0.15, 0.2) is 11.6 Å². The Hall–Kier alpha value is -0.260. The van der Waals surface area contributed by atoms with Gasteiger partial charge >= 0.3 is 0 Å². The molecule has 2 fully saturated rings. The van der Waals surface area contributed by atoms with Crippen LogP contribution in [0.5, 0.6) is 0 Å². The van der Waals surface area contributed by atoms with Gasteiger partial charge in [0.15, 0.2) is 0 Å². The second kappa shape index (κ2) is 2.36. The van der Waals surface area contributed by atoms with Gasteiger partial charge in [-0.25, -0.2) is 0 Å². The number of rotatable bonds is 1. The number of hydrogen-bond donors (Lipinski definition) is 0. The summed E-state index contributed by atoms with van der Waals surface area (Å²) in [6.07, 6.45) is 5.29. The van der Waals surface area contributed by atoms with Gasteiger partial charge in [0.1, 0.15) is 0 Å². The molecule has 0 nitrogen and oxygen atoms in total. The second-order valence-electron chi connectivity index (χ2n) is 4.42. The van der Waals surface area contributed by atoms with Crippen molar-refractivity contribution in [1.29, 1.82) is 0 Å². The maximum atomic E-state index is 2.42. The van der Waals surface area contributed by atoms with Crippen molar-refractivity contribution in [3.63, 3.8) is 0 Å². The third-order valence-corrected chi connectivity index (χ3v) is 3.80. The molecule has 2 saturated carbocycles. The molecule has 2 aliphatic rings. The minimum absolute atomic E-state index is 0.958. The number of fused-ring (bicyclic) bond motifs is 1. The zero-order valence-corrected chi connectivity index (χ0v) is 7.80. The molecule has 0 amide bonds. The molecule has 0 heterocycles. The molecule has 11 heavy (non-hydrogen) atoms. The van der Waals surface area contributed by atoms with Crippen LogP contribution < -0.4 is 0 Å². The molecule has 0 saturated heterocycles. The van der Waals surface area contributed by atoms with Crippen LogP contribution in [0.1, 0.15) is 33.6 Å². The standard InChI is InChI=1S/C11H18/c1-4-7(2)9-5-8(3)10-6-11(9)10/h4,8-11H,5-6H2,1-3H3. The Morgan fingerprint density at radius 3 is 2.36 bits per heavy atom. The molecular weight excluding hydrogens is 132 g/mol. The predicted octanol–water partition coefficient (Wildman–Crippen LogP) is 3.24. The van der Waals surface area contributed by atoms with Crippen molar-refractivity contribution >= 4 is 0 Å². The van der Waals surface area contributed by atoms with E-state index in [0.717, 1.165) is 23.7 Å². The molecular formula is C11H18. The summed E-state index contributed by atoms with van der Waals surface area (Å²) in [5.74, 6) is 4.16. The van der Waals surface area contributed by atoms with E-state index in [4.69, 9.17) is 0 Å². The van der Waals surface area contributed by atoms with Crippen LogP contribution in [0.3, 0.4) is 0 Å². The van der Waals surface area contributed by atoms with Crippen molar-refractivity contribution in [3.05, 3.63) is 11.6 Å². The van der Waals surface area contributed by atoms with E-state index in [1.807, 2.05) is 0 Å². The summed E-state index contributed by atoms with van der Waals surface area (Å²) >= 11 is 0. The first-order valence-corrected chi connectivity index (χ1v) is 4.87. The van der Waals surface area contributed by atoms with E-state index in [1.165, 1.54) is 12.8 Å². The highest BCUT2D eigenvalue weighted by Crippen LogP contribution is 2.60. The Kier molecular flexibility index (Phi) is 1.59. The van der Waals surface area contributed by atoms with E-state index in [-0.39, 0.29) is 0 Å². The van der Waals surface area contributed by atoms with E-state index in [9.17, 15) is 0 Å². The molecule has 0 radical (unpaired) electrons. The SMILES string of the molecule is CC=C(C)C1CC(C)C2CC12. The Labute approximate surface area is 69.7 Å². The van der Waals surface area contributed by atoms with Gasteiger partial charge < -0.3 is 0 Å². The Morgan fingerprint density at radius 2 is 2.00 bits per heavy atom. The highest BCUT2D eigenvalue weighted by Gasteiger charge is 2.52. The number of hydrogen-bond acceptors (Lipinski definition) is 0. The summed E-state index contributed by atoms with van der Waals surface area (Å²) in [7, 11) is 0. The molecule has 4 unspecified atom stereocenters. The van der Waals surface area contributed by atoms with Crippen LogP contribution in [0.4, 0.5) is 0 Å². The van der Waals surface area contributed by atoms with Gasteiger partial charge in [-0.3, -0.25) is 0 Å². The molecule has 0 aromatic heterocycles. The van der Waals surface area contributed by atoms with E-state index >= 15 is 0 Å². The van der Waals surface area contributed by atoms with Crippen LogP contribution in [0.2, 0.25) is 0 Å². The summed E-state index contributed by atoms with van der Waals surface area (Å²) in [5.41, 5.74) is 1.64. The van der Waals surface area contributed by atoms with Gasteiger partial charge in [-0.05, 0) is 50.4 Å². The normalized spacial score (nSPS) is 49.2. The molecule has 0 aliphatic heterocycles. The van der Waals surface area contributed by atoms with Crippen molar-refractivity contribution < 1.29 is 0 Å². The van der Waals surface area contributed by atoms with E-state index in [2.05, 4.69) is 26.8 Å². The Morgan fingerprint density at radius 1 is 1.27 bits per heavy atom. The van der Waals surface area contributed by atoms with Crippen molar-refractivity contribution in [3.8, 4) is 0 Å². The van der Waals surface area contributed by atoms with Crippen LogP contribution in [-0.2, 0) is 0 Å². The minimum atomic E-state index is 0.958. The summed E-state index contributed by atoms with van der Waals surface area (Å²) < 4.78 is 0. The summed E-state index contributed by atoms with van der Waals surface area (Å²) in [4.78, 5) is 0. The third kappa shape index (κ3) is 1.04. The molecule has 0 heteroatoms. The molecule has 0 N–H and O–H groups in total. The van der Waals surface area contributed by atoms with Crippen molar-refractivity contribution in [2.24, 2.45) is 23.7 Å². The molecule has 0 aromatic carbocycles. The second-order valence-corrected chi connectivity index (χ2v) is 4.42. The van der Waals surface area contributed by atoms with Crippen LogP contribution in [0.25, 0.3) is 0 Å². The van der Waals surface area contributed by atoms with E-state index in [1.54, 1.807) is 5.57 Å². The Bertz CT molecular complexity index is 190.